The van der Waals surface area contributed by atoms with Crippen molar-refractivity contribution in [2.24, 2.45) is 5.41 Å². The van der Waals surface area contributed by atoms with Gasteiger partial charge in [0, 0.05) is 68.1 Å². The van der Waals surface area contributed by atoms with E-state index in [1.54, 1.807) is 12.4 Å². The lowest BCUT2D eigenvalue weighted by atomic mass is 9.62. The van der Waals surface area contributed by atoms with E-state index in [0.29, 0.717) is 48.9 Å². The smallest absolute Gasteiger partial charge is 0.259 e. The first kappa shape index (κ1) is 24.1. The number of hydrogen-bond acceptors (Lipinski definition) is 8. The molecule has 2 aliphatic rings. The molecule has 8 heteroatoms. The summed E-state index contributed by atoms with van der Waals surface area (Å²) in [5, 5.41) is 27.5. The number of pyridine rings is 1. The molecule has 3 aromatic rings. The monoisotopic (exact) mass is 478 g/mol. The van der Waals surface area contributed by atoms with Gasteiger partial charge in [-0.25, -0.2) is 0 Å². The predicted molar refractivity (Wildman–Crippen MR) is 131 cm³/mol. The third-order valence-corrected chi connectivity index (χ3v) is 7.66. The average molecular weight is 479 g/mol. The van der Waals surface area contributed by atoms with Gasteiger partial charge in [0.05, 0.1) is 0 Å². The molecule has 2 aromatic heterocycles. The molecule has 1 atom stereocenters. The molecule has 2 saturated heterocycles. The summed E-state index contributed by atoms with van der Waals surface area (Å²) in [6, 6.07) is 10.1. The Balaban J connectivity index is 1.54. The number of benzene rings is 1. The maximum Gasteiger partial charge on any atom is 0.259 e. The van der Waals surface area contributed by atoms with Crippen LogP contribution >= 0.6 is 0 Å². The molecule has 1 unspecified atom stereocenters. The zero-order chi connectivity index (χ0) is 24.8. The van der Waals surface area contributed by atoms with Crippen LogP contribution < -0.4 is 0 Å². The summed E-state index contributed by atoms with van der Waals surface area (Å²) in [6.07, 6.45) is 4.19. The summed E-state index contributed by atoms with van der Waals surface area (Å²) >= 11 is 0. The predicted octanol–water partition coefficient (Wildman–Crippen LogP) is 3.44. The van der Waals surface area contributed by atoms with Crippen molar-refractivity contribution >= 4 is 0 Å². The van der Waals surface area contributed by atoms with Crippen molar-refractivity contribution in [1.82, 2.24) is 20.0 Å². The van der Waals surface area contributed by atoms with Crippen molar-refractivity contribution in [1.29, 1.82) is 0 Å². The van der Waals surface area contributed by atoms with Crippen molar-refractivity contribution in [3.8, 4) is 11.4 Å². The number of likely N-dealkylation sites (tertiary alicyclic amines) is 1. The second kappa shape index (κ2) is 8.78. The Hall–Kier alpha value is -2.65. The molecule has 1 aromatic carbocycles. The number of aliphatic hydroxyl groups is 2. The van der Waals surface area contributed by atoms with Crippen LogP contribution in [-0.4, -0.2) is 63.6 Å². The van der Waals surface area contributed by atoms with Crippen molar-refractivity contribution < 1.29 is 19.5 Å². The largest absolute Gasteiger partial charge is 0.381 e. The number of nitrogens with zero attached hydrogens (tertiary/aromatic N) is 4. The molecule has 4 heterocycles. The van der Waals surface area contributed by atoms with E-state index in [1.807, 2.05) is 18.2 Å². The number of hydrogen-bond donors (Lipinski definition) is 2. The molecule has 0 spiro atoms. The lowest BCUT2D eigenvalue weighted by molar-refractivity contribution is -0.127. The highest BCUT2D eigenvalue weighted by molar-refractivity contribution is 5.56. The number of ether oxygens (including phenoxy) is 1. The molecular weight excluding hydrogens is 444 g/mol. The fourth-order valence-corrected chi connectivity index (χ4v) is 5.56. The Bertz CT molecular complexity index is 1180. The minimum Gasteiger partial charge on any atom is -0.381 e. The lowest BCUT2D eigenvalue weighted by Gasteiger charge is -2.55. The molecule has 0 amide bonds. The van der Waals surface area contributed by atoms with Crippen molar-refractivity contribution in [3.63, 3.8) is 0 Å². The van der Waals surface area contributed by atoms with E-state index in [9.17, 15) is 10.2 Å². The lowest BCUT2D eigenvalue weighted by Crippen LogP contribution is -2.63. The van der Waals surface area contributed by atoms with Gasteiger partial charge in [0.25, 0.3) is 5.89 Å². The highest BCUT2D eigenvalue weighted by Crippen LogP contribution is 2.50. The average Bonchev–Trinajstić information content (AvgIpc) is 3.35. The van der Waals surface area contributed by atoms with Crippen LogP contribution in [0.1, 0.15) is 62.1 Å². The highest BCUT2D eigenvalue weighted by atomic mass is 16.5. The summed E-state index contributed by atoms with van der Waals surface area (Å²) in [5.74, 6) is 0.932. The second-order valence-corrected chi connectivity index (χ2v) is 10.7. The van der Waals surface area contributed by atoms with Gasteiger partial charge in [-0.2, -0.15) is 4.98 Å². The Morgan fingerprint density at radius 1 is 1.06 bits per heavy atom. The van der Waals surface area contributed by atoms with Gasteiger partial charge in [-0.15, -0.1) is 0 Å². The van der Waals surface area contributed by atoms with E-state index in [-0.39, 0.29) is 5.89 Å². The molecule has 2 aliphatic heterocycles. The molecule has 0 bridgehead atoms. The zero-order valence-electron chi connectivity index (χ0n) is 20.9. The number of aromatic nitrogens is 3. The summed E-state index contributed by atoms with van der Waals surface area (Å²) in [4.78, 5) is 11.1. The standard InChI is InChI=1S/C27H34N4O4/c1-18(2)19-5-7-21(8-6-19)27(33,25(3)16-31(4)17-25)22-13-20(14-28-15-22)23-29-24(35-30-23)26(32)9-11-34-12-10-26/h5-8,13-15,18,32-33H,9-12,16-17H2,1-4H3. The minimum atomic E-state index is -1.26. The van der Waals surface area contributed by atoms with Gasteiger partial charge in [0.15, 0.2) is 0 Å². The molecule has 35 heavy (non-hydrogen) atoms. The highest BCUT2D eigenvalue weighted by Gasteiger charge is 2.55. The molecule has 0 saturated carbocycles. The van der Waals surface area contributed by atoms with Crippen LogP contribution in [-0.2, 0) is 15.9 Å². The van der Waals surface area contributed by atoms with Gasteiger partial charge in [0.1, 0.15) is 11.2 Å². The molecule has 8 nitrogen and oxygen atoms in total. The van der Waals surface area contributed by atoms with E-state index in [0.717, 1.165) is 18.7 Å². The van der Waals surface area contributed by atoms with Gasteiger partial charge in [0.2, 0.25) is 5.82 Å². The van der Waals surface area contributed by atoms with Crippen LogP contribution in [0.3, 0.4) is 0 Å². The van der Waals surface area contributed by atoms with Crippen LogP contribution in [0.4, 0.5) is 0 Å². The van der Waals surface area contributed by atoms with E-state index in [1.165, 1.54) is 5.56 Å². The van der Waals surface area contributed by atoms with E-state index >= 15 is 0 Å². The number of rotatable bonds is 6. The Morgan fingerprint density at radius 2 is 1.74 bits per heavy atom. The first-order valence-corrected chi connectivity index (χ1v) is 12.3. The van der Waals surface area contributed by atoms with Crippen LogP contribution in [0.15, 0.2) is 47.2 Å². The third-order valence-electron chi connectivity index (χ3n) is 7.66. The minimum absolute atomic E-state index is 0.188. The van der Waals surface area contributed by atoms with E-state index < -0.39 is 16.6 Å². The van der Waals surface area contributed by atoms with Gasteiger partial charge in [-0.1, -0.05) is 50.2 Å². The molecule has 5 rings (SSSR count). The van der Waals surface area contributed by atoms with Crippen molar-refractivity contribution in [3.05, 3.63) is 65.3 Å². The van der Waals surface area contributed by atoms with Gasteiger partial charge in [-0.05, 0) is 30.2 Å². The maximum absolute atomic E-state index is 12.4. The molecule has 2 fully saturated rings. The molecule has 2 N–H and O–H groups in total. The summed E-state index contributed by atoms with van der Waals surface area (Å²) < 4.78 is 10.8. The van der Waals surface area contributed by atoms with Gasteiger partial charge >= 0.3 is 0 Å². The van der Waals surface area contributed by atoms with Gasteiger partial charge in [-0.3, -0.25) is 4.98 Å². The molecule has 0 radical (unpaired) electrons. The fourth-order valence-electron chi connectivity index (χ4n) is 5.56. The van der Waals surface area contributed by atoms with Crippen LogP contribution in [0.5, 0.6) is 0 Å². The Morgan fingerprint density at radius 3 is 2.37 bits per heavy atom. The molecule has 186 valence electrons. The Labute approximate surface area is 206 Å². The first-order valence-electron chi connectivity index (χ1n) is 12.3. The molecule has 0 aliphatic carbocycles. The van der Waals surface area contributed by atoms with Crippen molar-refractivity contribution in [2.75, 3.05) is 33.4 Å². The topological polar surface area (TPSA) is 105 Å². The van der Waals surface area contributed by atoms with Crippen LogP contribution in [0.2, 0.25) is 0 Å². The van der Waals surface area contributed by atoms with Crippen LogP contribution in [0.25, 0.3) is 11.4 Å². The van der Waals surface area contributed by atoms with E-state index in [4.69, 9.17) is 9.26 Å². The summed E-state index contributed by atoms with van der Waals surface area (Å²) in [5.41, 5.74) is 0.522. The van der Waals surface area contributed by atoms with Crippen molar-refractivity contribution in [2.45, 2.75) is 50.7 Å². The summed E-state index contributed by atoms with van der Waals surface area (Å²) in [6.45, 7) is 8.83. The molecular formula is C27H34N4O4. The first-order chi connectivity index (χ1) is 16.6. The normalized spacial score (nSPS) is 21.5. The zero-order valence-corrected chi connectivity index (χ0v) is 20.9. The van der Waals surface area contributed by atoms with Crippen LogP contribution in [0, 0.1) is 5.41 Å². The summed E-state index contributed by atoms with van der Waals surface area (Å²) in [7, 11) is 2.06. The maximum atomic E-state index is 12.4. The van der Waals surface area contributed by atoms with Gasteiger partial charge < -0.3 is 24.4 Å². The third kappa shape index (κ3) is 4.08. The Kier molecular flexibility index (Phi) is 6.04. The fraction of sp³-hybridized carbons (Fsp3) is 0.519. The quantitative estimate of drug-likeness (QED) is 0.555. The SMILES string of the molecule is CC(C)c1ccc(C(O)(c2cncc(-c3noc(C4(O)CCOCC4)n3)c2)C2(C)CN(C)C2)cc1. The van der Waals surface area contributed by atoms with E-state index in [2.05, 4.69) is 60.0 Å². The second-order valence-electron chi connectivity index (χ2n) is 10.7.